The van der Waals surface area contributed by atoms with Crippen LogP contribution in [-0.4, -0.2) is 27.1 Å². The van der Waals surface area contributed by atoms with Crippen molar-refractivity contribution >= 4 is 17.5 Å². The van der Waals surface area contributed by atoms with Crippen LogP contribution in [0.4, 0.5) is 4.39 Å². The summed E-state index contributed by atoms with van der Waals surface area (Å²) in [6.07, 6.45) is 0.935. The van der Waals surface area contributed by atoms with Gasteiger partial charge in [0.15, 0.2) is 0 Å². The molecule has 1 unspecified atom stereocenters. The van der Waals surface area contributed by atoms with Gasteiger partial charge < -0.3 is 14.2 Å². The fraction of sp³-hybridized carbons (Fsp3) is 0.318. The van der Waals surface area contributed by atoms with E-state index in [2.05, 4.69) is 10.1 Å². The van der Waals surface area contributed by atoms with Crippen LogP contribution in [0.5, 0.6) is 5.75 Å². The SMILES string of the molecule is CC(C)Oc1ccc(-c2noc(C3CCC(=O)N3Cc3c(F)cccc3Cl)n2)cc1. The van der Waals surface area contributed by atoms with Crippen molar-refractivity contribution in [2.24, 2.45) is 0 Å². The number of rotatable bonds is 6. The Morgan fingerprint density at radius 2 is 2.03 bits per heavy atom. The molecule has 3 aromatic rings. The molecule has 1 aliphatic rings. The Kier molecular flexibility index (Phi) is 5.72. The molecule has 0 saturated carbocycles. The van der Waals surface area contributed by atoms with Gasteiger partial charge >= 0.3 is 0 Å². The number of carbonyl (C=O) groups excluding carboxylic acids is 1. The van der Waals surface area contributed by atoms with Gasteiger partial charge in [0.25, 0.3) is 0 Å². The van der Waals surface area contributed by atoms with E-state index in [4.69, 9.17) is 20.9 Å². The first-order valence-corrected chi connectivity index (χ1v) is 10.1. The number of hydrogen-bond donors (Lipinski definition) is 0. The van der Waals surface area contributed by atoms with E-state index in [1.54, 1.807) is 11.0 Å². The largest absolute Gasteiger partial charge is 0.491 e. The lowest BCUT2D eigenvalue weighted by Crippen LogP contribution is -2.28. The first-order valence-electron chi connectivity index (χ1n) is 9.75. The fourth-order valence-electron chi connectivity index (χ4n) is 3.48. The van der Waals surface area contributed by atoms with Gasteiger partial charge in [-0.1, -0.05) is 22.8 Å². The van der Waals surface area contributed by atoms with Crippen molar-refractivity contribution in [1.82, 2.24) is 15.0 Å². The lowest BCUT2D eigenvalue weighted by atomic mass is 10.1. The van der Waals surface area contributed by atoms with Crippen molar-refractivity contribution in [2.75, 3.05) is 0 Å². The molecule has 4 rings (SSSR count). The van der Waals surface area contributed by atoms with Crippen LogP contribution in [0.25, 0.3) is 11.4 Å². The predicted octanol–water partition coefficient (Wildman–Crippen LogP) is 5.18. The number of likely N-dealkylation sites (tertiary alicyclic amines) is 1. The average Bonchev–Trinajstić information content (AvgIpc) is 3.32. The zero-order valence-electron chi connectivity index (χ0n) is 16.6. The second kappa shape index (κ2) is 8.44. The summed E-state index contributed by atoms with van der Waals surface area (Å²) in [7, 11) is 0. The molecule has 2 aromatic carbocycles. The van der Waals surface area contributed by atoms with Crippen LogP contribution in [0, 0.1) is 5.82 Å². The van der Waals surface area contributed by atoms with Crippen molar-refractivity contribution < 1.29 is 18.4 Å². The van der Waals surface area contributed by atoms with E-state index in [0.717, 1.165) is 11.3 Å². The lowest BCUT2D eigenvalue weighted by molar-refractivity contribution is -0.130. The second-order valence-corrected chi connectivity index (χ2v) is 7.83. The molecule has 0 bridgehead atoms. The summed E-state index contributed by atoms with van der Waals surface area (Å²) < 4.78 is 25.3. The summed E-state index contributed by atoms with van der Waals surface area (Å²) in [4.78, 5) is 18.5. The number of carbonyl (C=O) groups is 1. The third-order valence-electron chi connectivity index (χ3n) is 4.93. The van der Waals surface area contributed by atoms with E-state index >= 15 is 0 Å². The molecule has 0 N–H and O–H groups in total. The van der Waals surface area contributed by atoms with Gasteiger partial charge in [-0.15, -0.1) is 0 Å². The van der Waals surface area contributed by atoms with Gasteiger partial charge in [-0.05, 0) is 56.7 Å². The predicted molar refractivity (Wildman–Crippen MR) is 109 cm³/mol. The third kappa shape index (κ3) is 4.16. The molecule has 2 heterocycles. The maximum Gasteiger partial charge on any atom is 0.249 e. The van der Waals surface area contributed by atoms with E-state index < -0.39 is 11.9 Å². The maximum absolute atomic E-state index is 14.2. The molecule has 1 atom stereocenters. The zero-order valence-corrected chi connectivity index (χ0v) is 17.4. The first-order chi connectivity index (χ1) is 14.4. The first kappa shape index (κ1) is 20.3. The van der Waals surface area contributed by atoms with Crippen LogP contribution in [0.15, 0.2) is 47.0 Å². The summed E-state index contributed by atoms with van der Waals surface area (Å²) in [5, 5.41) is 4.34. The molecular formula is C22H21ClFN3O3. The standard InChI is InChI=1S/C22H21ClFN3O3/c1-13(2)29-15-8-6-14(7-9-15)21-25-22(30-26-21)19-10-11-20(28)27(19)12-16-17(23)4-3-5-18(16)24/h3-9,13,19H,10-12H2,1-2H3. The van der Waals surface area contributed by atoms with Crippen molar-refractivity contribution in [1.29, 1.82) is 0 Å². The van der Waals surface area contributed by atoms with E-state index in [9.17, 15) is 9.18 Å². The van der Waals surface area contributed by atoms with Crippen LogP contribution >= 0.6 is 11.6 Å². The van der Waals surface area contributed by atoms with Crippen LogP contribution < -0.4 is 4.74 Å². The van der Waals surface area contributed by atoms with Gasteiger partial charge in [0, 0.05) is 22.6 Å². The van der Waals surface area contributed by atoms with Gasteiger partial charge in [-0.3, -0.25) is 4.79 Å². The van der Waals surface area contributed by atoms with Gasteiger partial charge in [0.05, 0.1) is 12.6 Å². The van der Waals surface area contributed by atoms with Crippen LogP contribution in [-0.2, 0) is 11.3 Å². The molecule has 0 radical (unpaired) electrons. The molecule has 30 heavy (non-hydrogen) atoms. The van der Waals surface area contributed by atoms with E-state index in [0.29, 0.717) is 24.6 Å². The van der Waals surface area contributed by atoms with E-state index in [-0.39, 0.29) is 29.1 Å². The highest BCUT2D eigenvalue weighted by molar-refractivity contribution is 6.31. The minimum atomic E-state index is -0.448. The molecule has 6 nitrogen and oxygen atoms in total. The molecule has 0 spiro atoms. The molecule has 1 fully saturated rings. The Bertz CT molecular complexity index is 1030. The molecule has 8 heteroatoms. The van der Waals surface area contributed by atoms with Gasteiger partial charge in [0.1, 0.15) is 17.6 Å². The fourth-order valence-corrected chi connectivity index (χ4v) is 3.71. The second-order valence-electron chi connectivity index (χ2n) is 7.42. The molecule has 1 saturated heterocycles. The number of hydrogen-bond acceptors (Lipinski definition) is 5. The minimum Gasteiger partial charge on any atom is -0.491 e. The smallest absolute Gasteiger partial charge is 0.249 e. The van der Waals surface area contributed by atoms with Gasteiger partial charge in [0.2, 0.25) is 17.6 Å². The maximum atomic E-state index is 14.2. The van der Waals surface area contributed by atoms with Gasteiger partial charge in [-0.25, -0.2) is 4.39 Å². The Morgan fingerprint density at radius 3 is 2.73 bits per heavy atom. The Morgan fingerprint density at radius 1 is 1.27 bits per heavy atom. The topological polar surface area (TPSA) is 68.5 Å². The summed E-state index contributed by atoms with van der Waals surface area (Å²) in [5.41, 5.74) is 1.05. The number of halogens is 2. The van der Waals surface area contributed by atoms with E-state index in [1.165, 1.54) is 12.1 Å². The lowest BCUT2D eigenvalue weighted by Gasteiger charge is -2.22. The molecule has 1 aromatic heterocycles. The van der Waals surface area contributed by atoms with Crippen molar-refractivity contribution in [3.05, 3.63) is 64.8 Å². The number of benzene rings is 2. The quantitative estimate of drug-likeness (QED) is 0.540. The third-order valence-corrected chi connectivity index (χ3v) is 5.28. The normalized spacial score (nSPS) is 16.5. The highest BCUT2D eigenvalue weighted by Gasteiger charge is 2.36. The van der Waals surface area contributed by atoms with Gasteiger partial charge in [-0.2, -0.15) is 4.98 Å². The monoisotopic (exact) mass is 429 g/mol. The summed E-state index contributed by atoms with van der Waals surface area (Å²) >= 11 is 6.14. The number of ether oxygens (including phenoxy) is 1. The van der Waals surface area contributed by atoms with Crippen molar-refractivity contribution in [3.8, 4) is 17.1 Å². The number of amides is 1. The molecule has 1 amide bonds. The van der Waals surface area contributed by atoms with Crippen molar-refractivity contribution in [2.45, 2.75) is 45.4 Å². The van der Waals surface area contributed by atoms with Crippen molar-refractivity contribution in [3.63, 3.8) is 0 Å². The van der Waals surface area contributed by atoms with Crippen LogP contribution in [0.3, 0.4) is 0 Å². The summed E-state index contributed by atoms with van der Waals surface area (Å²) in [6, 6.07) is 11.4. The number of nitrogens with zero attached hydrogens (tertiary/aromatic N) is 3. The average molecular weight is 430 g/mol. The minimum absolute atomic E-state index is 0.0496. The highest BCUT2D eigenvalue weighted by atomic mass is 35.5. The summed E-state index contributed by atoms with van der Waals surface area (Å²) in [6.45, 7) is 3.97. The Balaban J connectivity index is 1.55. The Hall–Kier alpha value is -2.93. The molecule has 0 aliphatic carbocycles. The van der Waals surface area contributed by atoms with Crippen LogP contribution in [0.1, 0.15) is 44.2 Å². The Labute approximate surface area is 178 Å². The highest BCUT2D eigenvalue weighted by Crippen LogP contribution is 2.35. The molecular weight excluding hydrogens is 409 g/mol. The van der Waals surface area contributed by atoms with E-state index in [1.807, 2.05) is 38.1 Å². The molecule has 156 valence electrons. The molecule has 1 aliphatic heterocycles. The van der Waals surface area contributed by atoms with Crippen LogP contribution in [0.2, 0.25) is 5.02 Å². The zero-order chi connectivity index (χ0) is 21.3. The summed E-state index contributed by atoms with van der Waals surface area (Å²) in [5.74, 6) is 0.951. The number of aromatic nitrogens is 2.